The van der Waals surface area contributed by atoms with Crippen LogP contribution in [0.1, 0.15) is 5.56 Å². The first kappa shape index (κ1) is 16.3. The van der Waals surface area contributed by atoms with Gasteiger partial charge in [0.1, 0.15) is 0 Å². The molecule has 1 atom stereocenters. The number of carbonyl (C=O) groups excluding carboxylic acids is 2. The second kappa shape index (κ2) is 6.49. The van der Waals surface area contributed by atoms with E-state index in [2.05, 4.69) is 0 Å². The van der Waals surface area contributed by atoms with E-state index in [1.807, 2.05) is 59.6 Å². The summed E-state index contributed by atoms with van der Waals surface area (Å²) < 4.78 is 0. The number of amides is 2. The molecule has 5 heteroatoms. The van der Waals surface area contributed by atoms with Gasteiger partial charge in [-0.2, -0.15) is 0 Å². The van der Waals surface area contributed by atoms with Gasteiger partial charge in [-0.25, -0.2) is 4.90 Å². The molecule has 2 aliphatic rings. The molecule has 1 saturated heterocycles. The van der Waals surface area contributed by atoms with E-state index in [0.717, 1.165) is 0 Å². The molecule has 4 nitrogen and oxygen atoms in total. The van der Waals surface area contributed by atoms with Crippen LogP contribution in [0.4, 0.5) is 5.69 Å². The van der Waals surface area contributed by atoms with Crippen LogP contribution in [-0.2, 0) is 16.1 Å². The second-order valence-electron chi connectivity index (χ2n) is 5.87. The maximum Gasteiger partial charge on any atom is 0.263 e. The van der Waals surface area contributed by atoms with Crippen molar-refractivity contribution in [2.75, 3.05) is 11.4 Å². The number of halogens is 1. The van der Waals surface area contributed by atoms with Gasteiger partial charge in [0.25, 0.3) is 5.91 Å². The molecule has 2 aromatic carbocycles. The van der Waals surface area contributed by atoms with Gasteiger partial charge in [-0.05, 0) is 17.7 Å². The minimum Gasteiger partial charge on any atom is -0.371 e. The Bertz CT molecular complexity index is 790. The van der Waals surface area contributed by atoms with Crippen LogP contribution in [0.2, 0.25) is 0 Å². The molecule has 4 rings (SSSR count). The van der Waals surface area contributed by atoms with Gasteiger partial charge in [-0.3, -0.25) is 9.59 Å². The largest absolute Gasteiger partial charge is 0.371 e. The average molecular weight is 341 g/mol. The molecule has 0 aliphatic carbocycles. The fraction of sp³-hybridized carbons (Fsp3) is 0.158. The van der Waals surface area contributed by atoms with E-state index in [9.17, 15) is 9.59 Å². The van der Waals surface area contributed by atoms with Crippen molar-refractivity contribution in [3.05, 3.63) is 78.0 Å². The van der Waals surface area contributed by atoms with Crippen molar-refractivity contribution < 1.29 is 9.59 Å². The number of hydrogen-bond acceptors (Lipinski definition) is 3. The molecule has 0 spiro atoms. The molecule has 0 aromatic heterocycles. The van der Waals surface area contributed by atoms with Crippen LogP contribution < -0.4 is 4.90 Å². The fourth-order valence-electron chi connectivity index (χ4n) is 3.22. The lowest BCUT2D eigenvalue weighted by Gasteiger charge is -2.20. The third-order valence-corrected chi connectivity index (χ3v) is 4.33. The van der Waals surface area contributed by atoms with Crippen molar-refractivity contribution in [3.8, 4) is 0 Å². The van der Waals surface area contributed by atoms with Crippen molar-refractivity contribution in [3.63, 3.8) is 0 Å². The number of imide groups is 1. The van der Waals surface area contributed by atoms with Crippen LogP contribution in [0.3, 0.4) is 0 Å². The normalized spacial score (nSPS) is 19.2. The molecular weight excluding hydrogens is 324 g/mol. The number of anilines is 1. The molecule has 0 radical (unpaired) electrons. The third kappa shape index (κ3) is 2.69. The molecule has 1 unspecified atom stereocenters. The molecule has 2 aliphatic heterocycles. The van der Waals surface area contributed by atoms with E-state index >= 15 is 0 Å². The van der Waals surface area contributed by atoms with Gasteiger partial charge in [-0.1, -0.05) is 48.5 Å². The highest BCUT2D eigenvalue weighted by Crippen LogP contribution is 2.35. The topological polar surface area (TPSA) is 40.6 Å². The first-order chi connectivity index (χ1) is 11.2. The molecule has 0 bridgehead atoms. The molecule has 24 heavy (non-hydrogen) atoms. The third-order valence-electron chi connectivity index (χ3n) is 4.33. The van der Waals surface area contributed by atoms with Crippen LogP contribution in [0.25, 0.3) is 0 Å². The van der Waals surface area contributed by atoms with Crippen LogP contribution in [0, 0.1) is 5.92 Å². The minimum atomic E-state index is -0.341. The molecule has 2 aromatic rings. The Balaban J connectivity index is 0.00000169. The first-order valence-corrected chi connectivity index (χ1v) is 7.67. The Labute approximate surface area is 146 Å². The Morgan fingerprint density at radius 1 is 0.917 bits per heavy atom. The molecule has 0 N–H and O–H groups in total. The highest BCUT2D eigenvalue weighted by molar-refractivity contribution is 6.29. The lowest BCUT2D eigenvalue weighted by molar-refractivity contribution is -0.122. The molecule has 1 fully saturated rings. The quantitative estimate of drug-likeness (QED) is 0.806. The summed E-state index contributed by atoms with van der Waals surface area (Å²) in [6.45, 7) is 1.28. The Morgan fingerprint density at radius 2 is 1.54 bits per heavy atom. The zero-order valence-electron chi connectivity index (χ0n) is 13.0. The number of hydrogen-bond donors (Lipinski definition) is 0. The number of nitrogens with zero attached hydrogens (tertiary/aromatic N) is 2. The molecule has 122 valence electrons. The summed E-state index contributed by atoms with van der Waals surface area (Å²) in [5, 5.41) is 0. The van der Waals surface area contributed by atoms with Crippen LogP contribution in [-0.4, -0.2) is 23.3 Å². The van der Waals surface area contributed by atoms with Gasteiger partial charge >= 0.3 is 0 Å². The number of benzene rings is 2. The van der Waals surface area contributed by atoms with Crippen molar-refractivity contribution in [2.45, 2.75) is 6.54 Å². The summed E-state index contributed by atoms with van der Waals surface area (Å²) in [7, 11) is 0. The summed E-state index contributed by atoms with van der Waals surface area (Å²) in [5.74, 6) is -0.656. The highest BCUT2D eigenvalue weighted by atomic mass is 35.5. The number of fused-ring (bicyclic) bond motifs is 1. The maximum absolute atomic E-state index is 12.6. The van der Waals surface area contributed by atoms with Crippen LogP contribution in [0.5, 0.6) is 0 Å². The zero-order chi connectivity index (χ0) is 15.8. The van der Waals surface area contributed by atoms with E-state index in [1.54, 1.807) is 12.1 Å². The number of para-hydroxylation sites is 1. The number of rotatable bonds is 3. The van der Waals surface area contributed by atoms with Gasteiger partial charge in [0.15, 0.2) is 0 Å². The number of carbonyl (C=O) groups is 2. The molecule has 0 saturated carbocycles. The van der Waals surface area contributed by atoms with E-state index < -0.39 is 0 Å². The SMILES string of the molecule is Cl.O=C1C2=CN(Cc3ccccc3)CC2C(=O)N1c1ccccc1. The summed E-state index contributed by atoms with van der Waals surface area (Å²) in [4.78, 5) is 28.6. The van der Waals surface area contributed by atoms with E-state index in [0.29, 0.717) is 24.4 Å². The van der Waals surface area contributed by atoms with Crippen molar-refractivity contribution >= 4 is 29.9 Å². The van der Waals surface area contributed by atoms with Crippen molar-refractivity contribution in [1.29, 1.82) is 0 Å². The van der Waals surface area contributed by atoms with Gasteiger partial charge in [-0.15, -0.1) is 12.4 Å². The minimum absolute atomic E-state index is 0. The van der Waals surface area contributed by atoms with Gasteiger partial charge in [0, 0.05) is 24.9 Å². The molecular formula is C19H17ClN2O2. The van der Waals surface area contributed by atoms with Crippen LogP contribution in [0.15, 0.2) is 72.4 Å². The molecule has 2 heterocycles. The first-order valence-electron chi connectivity index (χ1n) is 7.67. The summed E-state index contributed by atoms with van der Waals surface area (Å²) >= 11 is 0. The van der Waals surface area contributed by atoms with Gasteiger partial charge in [0.05, 0.1) is 11.6 Å². The van der Waals surface area contributed by atoms with Crippen molar-refractivity contribution in [1.82, 2.24) is 4.90 Å². The summed E-state index contributed by atoms with van der Waals surface area (Å²) in [6.07, 6.45) is 1.85. The maximum atomic E-state index is 12.6. The van der Waals surface area contributed by atoms with E-state index in [-0.39, 0.29) is 30.1 Å². The highest BCUT2D eigenvalue weighted by Gasteiger charge is 2.47. The fourth-order valence-corrected chi connectivity index (χ4v) is 3.22. The van der Waals surface area contributed by atoms with E-state index in [4.69, 9.17) is 0 Å². The van der Waals surface area contributed by atoms with Crippen molar-refractivity contribution in [2.24, 2.45) is 5.92 Å². The summed E-state index contributed by atoms with van der Waals surface area (Å²) in [5.41, 5.74) is 2.42. The average Bonchev–Trinajstić information content (AvgIpc) is 3.09. The molecule has 2 amide bonds. The smallest absolute Gasteiger partial charge is 0.263 e. The van der Waals surface area contributed by atoms with Gasteiger partial charge in [0.2, 0.25) is 5.91 Å². The predicted molar refractivity (Wildman–Crippen MR) is 94.6 cm³/mol. The predicted octanol–water partition coefficient (Wildman–Crippen LogP) is 3.00. The van der Waals surface area contributed by atoms with Crippen LogP contribution >= 0.6 is 12.4 Å². The zero-order valence-corrected chi connectivity index (χ0v) is 13.8. The lowest BCUT2D eigenvalue weighted by atomic mass is 10.1. The Hall–Kier alpha value is -2.59. The Morgan fingerprint density at radius 3 is 2.17 bits per heavy atom. The second-order valence-corrected chi connectivity index (χ2v) is 5.87. The Kier molecular flexibility index (Phi) is 4.40. The lowest BCUT2D eigenvalue weighted by Crippen LogP contribution is -2.33. The van der Waals surface area contributed by atoms with Gasteiger partial charge < -0.3 is 4.90 Å². The standard InChI is InChI=1S/C19H16N2O2.ClH/c22-18-16-12-20(11-14-7-3-1-4-8-14)13-17(16)19(23)21(18)15-9-5-2-6-10-15;/h1-10,12,17H,11,13H2;1H. The monoisotopic (exact) mass is 340 g/mol. The summed E-state index contributed by atoms with van der Waals surface area (Å²) in [6, 6.07) is 19.2. The van der Waals surface area contributed by atoms with E-state index in [1.165, 1.54) is 10.5 Å².